The summed E-state index contributed by atoms with van der Waals surface area (Å²) in [7, 11) is 0. The van der Waals surface area contributed by atoms with Crippen molar-refractivity contribution in [1.29, 1.82) is 0 Å². The minimum absolute atomic E-state index is 0.0464. The topological polar surface area (TPSA) is 26.0 Å². The Labute approximate surface area is 92.2 Å². The number of nitrogens with two attached hydrogens (primary N) is 1. The molecule has 6 heteroatoms. The molecule has 0 atom stereocenters. The lowest BCUT2D eigenvalue weighted by Crippen LogP contribution is -2.08. The van der Waals surface area contributed by atoms with Gasteiger partial charge < -0.3 is 5.73 Å². The van der Waals surface area contributed by atoms with Crippen LogP contribution in [0.4, 0.5) is 18.9 Å². The third kappa shape index (κ3) is 2.33. The summed E-state index contributed by atoms with van der Waals surface area (Å²) in [5.74, 6) is 0.0859. The maximum Gasteiger partial charge on any atom is 0.417 e. The predicted molar refractivity (Wildman–Crippen MR) is 53.1 cm³/mol. The Morgan fingerprint density at radius 3 is 2.36 bits per heavy atom. The number of hydrogen-bond donors (Lipinski definition) is 1. The van der Waals surface area contributed by atoms with Crippen molar-refractivity contribution in [3.8, 4) is 0 Å². The van der Waals surface area contributed by atoms with E-state index in [9.17, 15) is 13.2 Å². The van der Waals surface area contributed by atoms with Crippen molar-refractivity contribution in [2.45, 2.75) is 12.1 Å². The predicted octanol–water partition coefficient (Wildman–Crippen LogP) is 3.79. The van der Waals surface area contributed by atoms with Crippen LogP contribution in [-0.4, -0.2) is 0 Å². The molecule has 0 heterocycles. The average molecular weight is 288 g/mol. The first kappa shape index (κ1) is 11.7. The molecule has 1 rings (SSSR count). The van der Waals surface area contributed by atoms with Crippen LogP contribution in [-0.2, 0) is 12.1 Å². The number of hydrogen-bond acceptors (Lipinski definition) is 1. The van der Waals surface area contributed by atoms with Crippen LogP contribution in [0.25, 0.3) is 0 Å². The van der Waals surface area contributed by atoms with Gasteiger partial charge in [0.05, 0.1) is 5.56 Å². The summed E-state index contributed by atoms with van der Waals surface area (Å²) in [5.41, 5.74) is 5.13. The number of anilines is 1. The van der Waals surface area contributed by atoms with Gasteiger partial charge in [-0.1, -0.05) is 15.9 Å². The molecule has 0 aromatic heterocycles. The van der Waals surface area contributed by atoms with Crippen LogP contribution >= 0.6 is 27.5 Å². The van der Waals surface area contributed by atoms with Crippen LogP contribution in [0.5, 0.6) is 0 Å². The molecule has 0 bridgehead atoms. The minimum atomic E-state index is -4.40. The molecule has 0 aliphatic heterocycles. The molecule has 78 valence electrons. The molecule has 0 aliphatic rings. The van der Waals surface area contributed by atoms with Gasteiger partial charge in [-0.25, -0.2) is 0 Å². The largest absolute Gasteiger partial charge is 0.417 e. The Morgan fingerprint density at radius 1 is 1.36 bits per heavy atom. The van der Waals surface area contributed by atoms with Crippen molar-refractivity contribution in [2.75, 3.05) is 5.73 Å². The van der Waals surface area contributed by atoms with Crippen molar-refractivity contribution in [2.24, 2.45) is 0 Å². The number of nitrogen functional groups attached to an aromatic ring is 1. The summed E-state index contributed by atoms with van der Waals surface area (Å²) >= 11 is 8.31. The molecule has 1 nitrogen and oxygen atoms in total. The SMILES string of the molecule is Nc1cc(C(F)(F)F)c(Br)cc1CCl. The highest BCUT2D eigenvalue weighted by atomic mass is 79.9. The first-order valence-corrected chi connectivity index (χ1v) is 4.90. The van der Waals surface area contributed by atoms with Crippen molar-refractivity contribution in [3.05, 3.63) is 27.7 Å². The first-order chi connectivity index (χ1) is 6.36. The maximum absolute atomic E-state index is 12.3. The van der Waals surface area contributed by atoms with Gasteiger partial charge in [0.1, 0.15) is 0 Å². The van der Waals surface area contributed by atoms with Crippen LogP contribution < -0.4 is 5.73 Å². The van der Waals surface area contributed by atoms with Crippen molar-refractivity contribution in [1.82, 2.24) is 0 Å². The number of rotatable bonds is 1. The quantitative estimate of drug-likeness (QED) is 0.617. The summed E-state index contributed by atoms with van der Waals surface area (Å²) in [6, 6.07) is 2.16. The molecular formula is C8H6BrClF3N. The van der Waals surface area contributed by atoms with Gasteiger partial charge in [0, 0.05) is 16.0 Å². The third-order valence-corrected chi connectivity index (χ3v) is 2.62. The van der Waals surface area contributed by atoms with Crippen LogP contribution in [0, 0.1) is 0 Å². The monoisotopic (exact) mass is 287 g/mol. The molecule has 0 fully saturated rings. The Bertz CT molecular complexity index is 351. The number of benzene rings is 1. The zero-order valence-corrected chi connectivity index (χ0v) is 9.17. The molecule has 0 aliphatic carbocycles. The van der Waals surface area contributed by atoms with Gasteiger partial charge in [0.25, 0.3) is 0 Å². The van der Waals surface area contributed by atoms with Gasteiger partial charge in [-0.3, -0.25) is 0 Å². The van der Waals surface area contributed by atoms with Crippen LogP contribution in [0.3, 0.4) is 0 Å². The van der Waals surface area contributed by atoms with Crippen LogP contribution in [0.2, 0.25) is 0 Å². The van der Waals surface area contributed by atoms with E-state index in [1.54, 1.807) is 0 Å². The molecule has 0 spiro atoms. The molecule has 0 saturated carbocycles. The van der Waals surface area contributed by atoms with Crippen molar-refractivity contribution >= 4 is 33.2 Å². The average Bonchev–Trinajstić information content (AvgIpc) is 2.06. The lowest BCUT2D eigenvalue weighted by atomic mass is 10.1. The van der Waals surface area contributed by atoms with E-state index in [0.717, 1.165) is 6.07 Å². The lowest BCUT2D eigenvalue weighted by molar-refractivity contribution is -0.138. The summed E-state index contributed by atoms with van der Waals surface area (Å²) in [6.45, 7) is 0. The third-order valence-electron chi connectivity index (χ3n) is 1.68. The van der Waals surface area contributed by atoms with E-state index in [2.05, 4.69) is 15.9 Å². The number of halogens is 5. The molecule has 0 radical (unpaired) electrons. The molecule has 2 N–H and O–H groups in total. The standard InChI is InChI=1S/C8H6BrClF3N/c9-6-1-4(3-10)7(14)2-5(6)8(11,12)13/h1-2H,3,14H2. The zero-order valence-electron chi connectivity index (χ0n) is 6.83. The summed E-state index contributed by atoms with van der Waals surface area (Å²) in [4.78, 5) is 0. The van der Waals surface area contributed by atoms with Gasteiger partial charge in [0.2, 0.25) is 0 Å². The van der Waals surface area contributed by atoms with E-state index in [4.69, 9.17) is 17.3 Å². The zero-order chi connectivity index (χ0) is 10.9. The van der Waals surface area contributed by atoms with Crippen LogP contribution in [0.1, 0.15) is 11.1 Å². The van der Waals surface area contributed by atoms with E-state index >= 15 is 0 Å². The molecule has 0 saturated heterocycles. The second kappa shape index (κ2) is 3.98. The maximum atomic E-state index is 12.3. The highest BCUT2D eigenvalue weighted by molar-refractivity contribution is 9.10. The first-order valence-electron chi connectivity index (χ1n) is 3.57. The fourth-order valence-electron chi connectivity index (χ4n) is 0.964. The molecule has 1 aromatic carbocycles. The summed E-state index contributed by atoms with van der Waals surface area (Å²) < 4.78 is 37.0. The summed E-state index contributed by atoms with van der Waals surface area (Å²) in [6.07, 6.45) is -4.40. The number of alkyl halides is 4. The van der Waals surface area contributed by atoms with E-state index in [-0.39, 0.29) is 16.0 Å². The van der Waals surface area contributed by atoms with Gasteiger partial charge in [-0.05, 0) is 17.7 Å². The van der Waals surface area contributed by atoms with Gasteiger partial charge in [-0.15, -0.1) is 11.6 Å². The van der Waals surface area contributed by atoms with Crippen molar-refractivity contribution in [3.63, 3.8) is 0 Å². The van der Waals surface area contributed by atoms with E-state index < -0.39 is 11.7 Å². The van der Waals surface area contributed by atoms with Gasteiger partial charge in [0.15, 0.2) is 0 Å². The lowest BCUT2D eigenvalue weighted by Gasteiger charge is -2.11. The van der Waals surface area contributed by atoms with Gasteiger partial charge in [-0.2, -0.15) is 13.2 Å². The highest BCUT2D eigenvalue weighted by Crippen LogP contribution is 2.37. The highest BCUT2D eigenvalue weighted by Gasteiger charge is 2.33. The van der Waals surface area contributed by atoms with E-state index in [1.165, 1.54) is 6.07 Å². The fraction of sp³-hybridized carbons (Fsp3) is 0.250. The van der Waals surface area contributed by atoms with E-state index in [1.807, 2.05) is 0 Å². The second-order valence-electron chi connectivity index (χ2n) is 2.66. The fourth-order valence-corrected chi connectivity index (χ4v) is 1.81. The summed E-state index contributed by atoms with van der Waals surface area (Å²) in [5, 5.41) is 0. The van der Waals surface area contributed by atoms with Gasteiger partial charge >= 0.3 is 6.18 Å². The molecule has 0 amide bonds. The van der Waals surface area contributed by atoms with Crippen LogP contribution in [0.15, 0.2) is 16.6 Å². The van der Waals surface area contributed by atoms with E-state index in [0.29, 0.717) is 5.56 Å². The normalized spacial score (nSPS) is 11.8. The molecule has 0 unspecified atom stereocenters. The Morgan fingerprint density at radius 2 is 1.93 bits per heavy atom. The van der Waals surface area contributed by atoms with Crippen molar-refractivity contribution < 1.29 is 13.2 Å². The Kier molecular flexibility index (Phi) is 3.32. The Balaban J connectivity index is 3.29. The smallest absolute Gasteiger partial charge is 0.398 e. The Hall–Kier alpha value is -0.420. The molecular weight excluding hydrogens is 282 g/mol. The second-order valence-corrected chi connectivity index (χ2v) is 3.78. The minimum Gasteiger partial charge on any atom is -0.398 e. The molecule has 14 heavy (non-hydrogen) atoms. The molecule has 1 aromatic rings.